The summed E-state index contributed by atoms with van der Waals surface area (Å²) in [6, 6.07) is 0. The summed E-state index contributed by atoms with van der Waals surface area (Å²) in [5.74, 6) is 1.15. The summed E-state index contributed by atoms with van der Waals surface area (Å²) < 4.78 is 5.80. The van der Waals surface area contributed by atoms with Gasteiger partial charge in [0.1, 0.15) is 5.60 Å². The topological polar surface area (TPSA) is 26.3 Å². The second-order valence-corrected chi connectivity index (χ2v) is 6.18. The molecule has 3 unspecified atom stereocenters. The lowest BCUT2D eigenvalue weighted by Gasteiger charge is -2.44. The third-order valence-electron chi connectivity index (χ3n) is 5.17. The van der Waals surface area contributed by atoms with Crippen molar-refractivity contribution in [3.05, 3.63) is 12.2 Å². The molecule has 0 aromatic rings. The molecule has 2 nitrogen and oxygen atoms in total. The predicted octanol–water partition coefficient (Wildman–Crippen LogP) is 3.32. The predicted molar refractivity (Wildman–Crippen MR) is 63.9 cm³/mol. The van der Waals surface area contributed by atoms with Crippen LogP contribution in [0.15, 0.2) is 12.2 Å². The summed E-state index contributed by atoms with van der Waals surface area (Å²) in [6.45, 7) is 12.2. The molecule has 2 heteroatoms. The highest BCUT2D eigenvalue weighted by Crippen LogP contribution is 2.63. The van der Waals surface area contributed by atoms with E-state index in [0.717, 1.165) is 18.8 Å². The van der Waals surface area contributed by atoms with Crippen LogP contribution >= 0.6 is 0 Å². The first kappa shape index (κ1) is 11.7. The summed E-state index contributed by atoms with van der Waals surface area (Å²) in [5, 5.41) is 0. The van der Waals surface area contributed by atoms with E-state index in [1.54, 1.807) is 6.92 Å². The summed E-state index contributed by atoms with van der Waals surface area (Å²) in [7, 11) is 0. The second kappa shape index (κ2) is 3.35. The van der Waals surface area contributed by atoms with E-state index in [1.165, 1.54) is 6.42 Å². The van der Waals surface area contributed by atoms with Gasteiger partial charge in [-0.05, 0) is 38.0 Å². The molecule has 2 aliphatic rings. The van der Waals surface area contributed by atoms with Crippen molar-refractivity contribution < 1.29 is 9.53 Å². The van der Waals surface area contributed by atoms with Gasteiger partial charge in [-0.3, -0.25) is 0 Å². The number of rotatable bonds is 2. The maximum absolute atomic E-state index is 11.8. The molecule has 2 aliphatic carbocycles. The molecule has 0 spiro atoms. The highest BCUT2D eigenvalue weighted by atomic mass is 16.6. The van der Waals surface area contributed by atoms with Gasteiger partial charge >= 0.3 is 5.97 Å². The SMILES string of the molecule is C=C(C)C(=O)OC12CCC(C1)C(C)C2(C)C. The van der Waals surface area contributed by atoms with Gasteiger partial charge in [-0.1, -0.05) is 27.4 Å². The number of carbonyl (C=O) groups excluding carboxylic acids is 1. The fourth-order valence-electron chi connectivity index (χ4n) is 3.55. The number of esters is 1. The van der Waals surface area contributed by atoms with Crippen molar-refractivity contribution >= 4 is 5.97 Å². The van der Waals surface area contributed by atoms with E-state index < -0.39 is 0 Å². The Morgan fingerprint density at radius 1 is 1.44 bits per heavy atom. The highest BCUT2D eigenvalue weighted by molar-refractivity contribution is 5.87. The van der Waals surface area contributed by atoms with E-state index >= 15 is 0 Å². The van der Waals surface area contributed by atoms with Gasteiger partial charge in [-0.25, -0.2) is 4.79 Å². The van der Waals surface area contributed by atoms with Gasteiger partial charge in [0.2, 0.25) is 0 Å². The van der Waals surface area contributed by atoms with Gasteiger partial charge in [0.25, 0.3) is 0 Å². The van der Waals surface area contributed by atoms with E-state index in [-0.39, 0.29) is 17.0 Å². The van der Waals surface area contributed by atoms with E-state index in [4.69, 9.17) is 4.74 Å². The minimum atomic E-state index is -0.229. The van der Waals surface area contributed by atoms with Gasteiger partial charge in [0, 0.05) is 11.0 Å². The standard InChI is InChI=1S/C14H22O2/c1-9(2)12(15)16-14-7-6-11(8-14)10(3)13(14,4)5/h10-11H,1,6-8H2,2-5H3. The smallest absolute Gasteiger partial charge is 0.333 e. The first-order valence-electron chi connectivity index (χ1n) is 6.19. The van der Waals surface area contributed by atoms with Crippen LogP contribution in [0.25, 0.3) is 0 Å². The van der Waals surface area contributed by atoms with Crippen LogP contribution in [0.2, 0.25) is 0 Å². The Morgan fingerprint density at radius 3 is 2.50 bits per heavy atom. The normalized spacial score (nSPS) is 39.8. The van der Waals surface area contributed by atoms with Crippen LogP contribution in [-0.2, 0) is 9.53 Å². The molecule has 0 saturated heterocycles. The van der Waals surface area contributed by atoms with Gasteiger partial charge in [0.15, 0.2) is 0 Å². The summed E-state index contributed by atoms with van der Waals surface area (Å²) in [4.78, 5) is 11.8. The molecule has 3 atom stereocenters. The number of carbonyl (C=O) groups is 1. The van der Waals surface area contributed by atoms with Crippen molar-refractivity contribution in [2.45, 2.75) is 52.6 Å². The van der Waals surface area contributed by atoms with Gasteiger partial charge in [-0.2, -0.15) is 0 Å². The first-order valence-corrected chi connectivity index (χ1v) is 6.19. The zero-order chi connectivity index (χ0) is 12.1. The average Bonchev–Trinajstić information content (AvgIpc) is 2.67. The summed E-state index contributed by atoms with van der Waals surface area (Å²) in [6.07, 6.45) is 3.27. The Balaban J connectivity index is 2.25. The molecule has 0 aromatic heterocycles. The fraction of sp³-hybridized carbons (Fsp3) is 0.786. The molecule has 0 amide bonds. The molecule has 2 saturated carbocycles. The van der Waals surface area contributed by atoms with Crippen LogP contribution in [-0.4, -0.2) is 11.6 Å². The zero-order valence-corrected chi connectivity index (χ0v) is 10.8. The Morgan fingerprint density at radius 2 is 2.06 bits per heavy atom. The zero-order valence-electron chi connectivity index (χ0n) is 10.8. The van der Waals surface area contributed by atoms with Gasteiger partial charge in [-0.15, -0.1) is 0 Å². The van der Waals surface area contributed by atoms with E-state index in [1.807, 2.05) is 0 Å². The second-order valence-electron chi connectivity index (χ2n) is 6.18. The Bertz CT molecular complexity index is 343. The van der Waals surface area contributed by atoms with Crippen molar-refractivity contribution in [2.24, 2.45) is 17.3 Å². The molecule has 0 aliphatic heterocycles. The van der Waals surface area contributed by atoms with Gasteiger partial charge < -0.3 is 4.74 Å². The fourth-order valence-corrected chi connectivity index (χ4v) is 3.55. The van der Waals surface area contributed by atoms with Crippen LogP contribution in [0, 0.1) is 17.3 Å². The van der Waals surface area contributed by atoms with Crippen LogP contribution in [0.1, 0.15) is 47.0 Å². The van der Waals surface area contributed by atoms with Crippen molar-refractivity contribution in [3.63, 3.8) is 0 Å². The molecule has 2 fully saturated rings. The van der Waals surface area contributed by atoms with Crippen molar-refractivity contribution in [2.75, 3.05) is 0 Å². The summed E-state index contributed by atoms with van der Waals surface area (Å²) >= 11 is 0. The third-order valence-corrected chi connectivity index (χ3v) is 5.17. The molecule has 2 bridgehead atoms. The molecular weight excluding hydrogens is 200 g/mol. The van der Waals surface area contributed by atoms with Crippen LogP contribution in [0.3, 0.4) is 0 Å². The Labute approximate surface area is 98.1 Å². The number of fused-ring (bicyclic) bond motifs is 2. The van der Waals surface area contributed by atoms with Crippen molar-refractivity contribution in [1.29, 1.82) is 0 Å². The third kappa shape index (κ3) is 1.35. The van der Waals surface area contributed by atoms with Crippen molar-refractivity contribution in [3.8, 4) is 0 Å². The Hall–Kier alpha value is -0.790. The van der Waals surface area contributed by atoms with Crippen LogP contribution in [0.4, 0.5) is 0 Å². The average molecular weight is 222 g/mol. The summed E-state index contributed by atoms with van der Waals surface area (Å²) in [5.41, 5.74) is 0.377. The molecule has 0 heterocycles. The molecule has 0 radical (unpaired) electrons. The van der Waals surface area contributed by atoms with E-state index in [0.29, 0.717) is 11.5 Å². The lowest BCUT2D eigenvalue weighted by Crippen LogP contribution is -2.47. The molecule has 2 rings (SSSR count). The van der Waals surface area contributed by atoms with E-state index in [9.17, 15) is 4.79 Å². The number of ether oxygens (including phenoxy) is 1. The van der Waals surface area contributed by atoms with Crippen molar-refractivity contribution in [1.82, 2.24) is 0 Å². The minimum absolute atomic E-state index is 0.0982. The Kier molecular flexibility index (Phi) is 2.45. The molecule has 0 N–H and O–H groups in total. The largest absolute Gasteiger partial charge is 0.455 e. The molecule has 0 aromatic carbocycles. The minimum Gasteiger partial charge on any atom is -0.455 e. The lowest BCUT2D eigenvalue weighted by molar-refractivity contribution is -0.168. The van der Waals surface area contributed by atoms with Crippen LogP contribution < -0.4 is 0 Å². The number of hydrogen-bond acceptors (Lipinski definition) is 2. The van der Waals surface area contributed by atoms with Gasteiger partial charge in [0.05, 0.1) is 0 Å². The molecular formula is C14H22O2. The monoisotopic (exact) mass is 222 g/mol. The van der Waals surface area contributed by atoms with E-state index in [2.05, 4.69) is 27.4 Å². The maximum atomic E-state index is 11.8. The quantitative estimate of drug-likeness (QED) is 0.529. The maximum Gasteiger partial charge on any atom is 0.333 e. The van der Waals surface area contributed by atoms with Crippen LogP contribution in [0.5, 0.6) is 0 Å². The molecule has 90 valence electrons. The number of hydrogen-bond donors (Lipinski definition) is 0. The highest BCUT2D eigenvalue weighted by Gasteiger charge is 2.63. The lowest BCUT2D eigenvalue weighted by atomic mass is 9.67. The molecule has 16 heavy (non-hydrogen) atoms. The first-order chi connectivity index (χ1) is 7.30.